The third-order valence-electron chi connectivity index (χ3n) is 6.06. The predicted molar refractivity (Wildman–Crippen MR) is 123 cm³/mol. The van der Waals surface area contributed by atoms with Crippen LogP contribution in [-0.4, -0.2) is 43.4 Å². The maximum atomic E-state index is 12.8. The van der Waals surface area contributed by atoms with E-state index in [4.69, 9.17) is 9.47 Å². The lowest BCUT2D eigenvalue weighted by atomic mass is 9.98. The maximum absolute atomic E-state index is 12.8. The molecule has 6 nitrogen and oxygen atoms in total. The van der Waals surface area contributed by atoms with Crippen molar-refractivity contribution < 1.29 is 19.1 Å². The van der Waals surface area contributed by atoms with E-state index in [2.05, 4.69) is 34.9 Å². The molecule has 1 amide bonds. The molecule has 0 bridgehead atoms. The second kappa shape index (κ2) is 9.33. The first kappa shape index (κ1) is 22.3. The van der Waals surface area contributed by atoms with Crippen LogP contribution in [0.4, 0.5) is 4.79 Å². The Morgan fingerprint density at radius 2 is 1.69 bits per heavy atom. The highest BCUT2D eigenvalue weighted by Gasteiger charge is 2.32. The summed E-state index contributed by atoms with van der Waals surface area (Å²) in [5.41, 5.74) is 4.05. The van der Waals surface area contributed by atoms with Gasteiger partial charge in [-0.05, 0) is 74.9 Å². The lowest BCUT2D eigenvalue weighted by Crippen LogP contribution is -2.45. The fraction of sp³-hybridized carbons (Fsp3) is 0.462. The SMILES string of the molecule is CC(C)(C)OC(=O)[C@H](C[C@H]1CCNC1)NC(=O)OCC1c2ccccc2-c2ccccc21. The standard InChI is InChI=1S/C26H32N2O4/c1-26(2,3)32-24(29)23(14-17-12-13-27-15-17)28-25(30)31-16-22-20-10-6-4-8-18(20)19-9-5-7-11-21(19)22/h4-11,17,22-23,27H,12-16H2,1-3H3,(H,28,30)/t17-,23+/m1/s1. The zero-order valence-electron chi connectivity index (χ0n) is 19.0. The summed E-state index contributed by atoms with van der Waals surface area (Å²) in [6, 6.07) is 15.7. The molecule has 170 valence electrons. The predicted octanol–water partition coefficient (Wildman–Crippen LogP) is 4.24. The molecule has 2 aromatic rings. The van der Waals surface area contributed by atoms with Gasteiger partial charge in [0.15, 0.2) is 0 Å². The first-order valence-corrected chi connectivity index (χ1v) is 11.4. The van der Waals surface area contributed by atoms with Crippen LogP contribution in [0.15, 0.2) is 48.5 Å². The summed E-state index contributed by atoms with van der Waals surface area (Å²) in [5, 5.41) is 6.08. The van der Waals surface area contributed by atoms with Gasteiger partial charge < -0.3 is 20.1 Å². The number of amides is 1. The molecule has 32 heavy (non-hydrogen) atoms. The molecule has 1 aliphatic carbocycles. The fourth-order valence-corrected chi connectivity index (χ4v) is 4.62. The number of fused-ring (bicyclic) bond motifs is 3. The fourth-order valence-electron chi connectivity index (χ4n) is 4.62. The monoisotopic (exact) mass is 436 g/mol. The molecule has 0 spiro atoms. The van der Waals surface area contributed by atoms with Gasteiger partial charge in [-0.2, -0.15) is 0 Å². The van der Waals surface area contributed by atoms with Crippen molar-refractivity contribution >= 4 is 12.1 Å². The molecule has 4 rings (SSSR count). The van der Waals surface area contributed by atoms with Crippen molar-refractivity contribution in [3.63, 3.8) is 0 Å². The van der Waals surface area contributed by atoms with E-state index >= 15 is 0 Å². The van der Waals surface area contributed by atoms with Crippen molar-refractivity contribution in [2.45, 2.75) is 51.2 Å². The van der Waals surface area contributed by atoms with E-state index in [1.807, 2.05) is 45.0 Å². The molecular weight excluding hydrogens is 404 g/mol. The van der Waals surface area contributed by atoms with Gasteiger partial charge >= 0.3 is 12.1 Å². The number of ether oxygens (including phenoxy) is 2. The van der Waals surface area contributed by atoms with E-state index in [1.165, 1.54) is 11.1 Å². The quantitative estimate of drug-likeness (QED) is 0.663. The third-order valence-corrected chi connectivity index (χ3v) is 6.06. The molecule has 1 saturated heterocycles. The Bertz CT molecular complexity index is 930. The number of hydrogen-bond donors (Lipinski definition) is 2. The Morgan fingerprint density at radius 1 is 1.06 bits per heavy atom. The number of esters is 1. The van der Waals surface area contributed by atoms with Gasteiger partial charge in [0.05, 0.1) is 0 Å². The Labute approximate surface area is 189 Å². The number of benzene rings is 2. The number of carbonyl (C=O) groups excluding carboxylic acids is 2. The summed E-state index contributed by atoms with van der Waals surface area (Å²) >= 11 is 0. The normalized spacial score (nSPS) is 18.5. The highest BCUT2D eigenvalue weighted by atomic mass is 16.6. The largest absolute Gasteiger partial charge is 0.458 e. The van der Waals surface area contributed by atoms with E-state index in [0.29, 0.717) is 12.3 Å². The summed E-state index contributed by atoms with van der Waals surface area (Å²) in [4.78, 5) is 25.5. The summed E-state index contributed by atoms with van der Waals surface area (Å²) in [5.74, 6) is -0.119. The second-order valence-corrected chi connectivity index (χ2v) is 9.65. The molecule has 2 atom stereocenters. The van der Waals surface area contributed by atoms with Crippen LogP contribution in [0.5, 0.6) is 0 Å². The smallest absolute Gasteiger partial charge is 0.407 e. The van der Waals surface area contributed by atoms with Gasteiger partial charge in [-0.1, -0.05) is 48.5 Å². The molecule has 2 N–H and O–H groups in total. The zero-order chi connectivity index (χ0) is 22.7. The van der Waals surface area contributed by atoms with Crippen LogP contribution >= 0.6 is 0 Å². The Morgan fingerprint density at radius 3 is 2.25 bits per heavy atom. The number of hydrogen-bond acceptors (Lipinski definition) is 5. The van der Waals surface area contributed by atoms with Crippen molar-refractivity contribution in [1.29, 1.82) is 0 Å². The first-order chi connectivity index (χ1) is 15.3. The van der Waals surface area contributed by atoms with Crippen LogP contribution in [-0.2, 0) is 14.3 Å². The molecule has 1 heterocycles. The molecule has 0 saturated carbocycles. The molecule has 6 heteroatoms. The van der Waals surface area contributed by atoms with Crippen molar-refractivity contribution in [2.75, 3.05) is 19.7 Å². The lowest BCUT2D eigenvalue weighted by Gasteiger charge is -2.26. The van der Waals surface area contributed by atoms with Crippen molar-refractivity contribution in [3.8, 4) is 11.1 Å². The van der Waals surface area contributed by atoms with Crippen LogP contribution < -0.4 is 10.6 Å². The van der Waals surface area contributed by atoms with Crippen molar-refractivity contribution in [1.82, 2.24) is 10.6 Å². The highest BCUT2D eigenvalue weighted by Crippen LogP contribution is 2.44. The first-order valence-electron chi connectivity index (χ1n) is 11.4. The molecule has 2 aliphatic rings. The summed E-state index contributed by atoms with van der Waals surface area (Å²) in [6.45, 7) is 7.46. The lowest BCUT2D eigenvalue weighted by molar-refractivity contribution is -0.157. The molecular formula is C26H32N2O4. The van der Waals surface area contributed by atoms with Gasteiger partial charge in [-0.25, -0.2) is 9.59 Å². The van der Waals surface area contributed by atoms with E-state index in [1.54, 1.807) is 0 Å². The number of nitrogens with one attached hydrogen (secondary N) is 2. The second-order valence-electron chi connectivity index (χ2n) is 9.65. The van der Waals surface area contributed by atoms with E-state index in [9.17, 15) is 9.59 Å². The van der Waals surface area contributed by atoms with Gasteiger partial charge in [0, 0.05) is 5.92 Å². The number of carbonyl (C=O) groups is 2. The third kappa shape index (κ3) is 5.13. The Kier molecular flexibility index (Phi) is 6.51. The minimum Gasteiger partial charge on any atom is -0.458 e. The van der Waals surface area contributed by atoms with Gasteiger partial charge in [0.25, 0.3) is 0 Å². The van der Waals surface area contributed by atoms with Crippen LogP contribution in [0, 0.1) is 5.92 Å². The average molecular weight is 437 g/mol. The van der Waals surface area contributed by atoms with E-state index in [-0.39, 0.29) is 12.5 Å². The molecule has 1 fully saturated rings. The molecule has 1 aliphatic heterocycles. The van der Waals surface area contributed by atoms with Gasteiger partial charge in [-0.15, -0.1) is 0 Å². The number of rotatable bonds is 6. The van der Waals surface area contributed by atoms with Crippen LogP contribution in [0.2, 0.25) is 0 Å². The van der Waals surface area contributed by atoms with E-state index in [0.717, 1.165) is 30.6 Å². The highest BCUT2D eigenvalue weighted by molar-refractivity contribution is 5.82. The van der Waals surface area contributed by atoms with Crippen molar-refractivity contribution in [2.24, 2.45) is 5.92 Å². The van der Waals surface area contributed by atoms with Gasteiger partial charge in [0.1, 0.15) is 18.2 Å². The Hall–Kier alpha value is -2.86. The summed E-state index contributed by atoms with van der Waals surface area (Å²) < 4.78 is 11.2. The average Bonchev–Trinajstić information content (AvgIpc) is 3.37. The topological polar surface area (TPSA) is 76.7 Å². The summed E-state index contributed by atoms with van der Waals surface area (Å²) in [7, 11) is 0. The summed E-state index contributed by atoms with van der Waals surface area (Å²) in [6.07, 6.45) is 0.922. The van der Waals surface area contributed by atoms with Gasteiger partial charge in [0.2, 0.25) is 0 Å². The van der Waals surface area contributed by atoms with E-state index < -0.39 is 23.7 Å². The molecule has 0 aromatic heterocycles. The minimum absolute atomic E-state index is 0.0211. The minimum atomic E-state index is -0.727. The molecule has 2 aromatic carbocycles. The van der Waals surface area contributed by atoms with Crippen molar-refractivity contribution in [3.05, 3.63) is 59.7 Å². The number of alkyl carbamates (subject to hydrolysis) is 1. The zero-order valence-corrected chi connectivity index (χ0v) is 19.0. The van der Waals surface area contributed by atoms with Crippen LogP contribution in [0.1, 0.15) is 50.7 Å². The van der Waals surface area contributed by atoms with Crippen LogP contribution in [0.3, 0.4) is 0 Å². The molecule has 0 unspecified atom stereocenters. The Balaban J connectivity index is 1.42. The van der Waals surface area contributed by atoms with Crippen LogP contribution in [0.25, 0.3) is 11.1 Å². The van der Waals surface area contributed by atoms with Gasteiger partial charge in [-0.3, -0.25) is 0 Å². The molecule has 0 radical (unpaired) electrons. The maximum Gasteiger partial charge on any atom is 0.407 e.